The Kier molecular flexibility index (Phi) is 2.14. The van der Waals surface area contributed by atoms with E-state index in [2.05, 4.69) is 4.98 Å². The van der Waals surface area contributed by atoms with Gasteiger partial charge in [0.05, 0.1) is 0 Å². The molecule has 1 aromatic carbocycles. The van der Waals surface area contributed by atoms with Gasteiger partial charge < -0.3 is 5.73 Å². The molecule has 2 N–H and O–H groups in total. The number of nitrogens with two attached hydrogens (primary N) is 1. The minimum absolute atomic E-state index is 0.261. The average Bonchev–Trinajstić information content (AvgIpc) is 2.59. The van der Waals surface area contributed by atoms with Crippen molar-refractivity contribution in [3.8, 4) is 11.8 Å². The van der Waals surface area contributed by atoms with Gasteiger partial charge in [-0.1, -0.05) is 12.1 Å². The minimum Gasteiger partial charge on any atom is -0.382 e. The van der Waals surface area contributed by atoms with Crippen molar-refractivity contribution in [3.63, 3.8) is 0 Å². The quantitative estimate of drug-likeness (QED) is 0.757. The highest BCUT2D eigenvalue weighted by Crippen LogP contribution is 2.16. The van der Waals surface area contributed by atoms with Gasteiger partial charge in [-0.25, -0.2) is 4.98 Å². The zero-order valence-corrected chi connectivity index (χ0v) is 8.31. The highest BCUT2D eigenvalue weighted by molar-refractivity contribution is 5.51. The first kappa shape index (κ1) is 9.28. The van der Waals surface area contributed by atoms with E-state index in [0.717, 1.165) is 11.3 Å². The van der Waals surface area contributed by atoms with E-state index in [1.54, 1.807) is 10.9 Å². The van der Waals surface area contributed by atoms with E-state index in [1.165, 1.54) is 0 Å². The standard InChI is InChI=1S/C11H10N4/c1-8-3-2-4-9(5-8)15-7-14-10(6-12)11(15)13/h2-5,7H,13H2,1H3. The zero-order chi connectivity index (χ0) is 10.8. The monoisotopic (exact) mass is 198 g/mol. The first-order valence-electron chi connectivity index (χ1n) is 4.52. The molecule has 0 atom stereocenters. The lowest BCUT2D eigenvalue weighted by molar-refractivity contribution is 1.06. The Balaban J connectivity index is 2.56. The maximum atomic E-state index is 8.73. The summed E-state index contributed by atoms with van der Waals surface area (Å²) in [6, 6.07) is 9.79. The summed E-state index contributed by atoms with van der Waals surface area (Å²) in [5.74, 6) is 0.378. The number of imidazole rings is 1. The van der Waals surface area contributed by atoms with Crippen LogP contribution in [0.5, 0.6) is 0 Å². The summed E-state index contributed by atoms with van der Waals surface area (Å²) in [5.41, 5.74) is 8.09. The van der Waals surface area contributed by atoms with Crippen molar-refractivity contribution in [2.45, 2.75) is 6.92 Å². The van der Waals surface area contributed by atoms with Gasteiger partial charge in [0.25, 0.3) is 0 Å². The van der Waals surface area contributed by atoms with Gasteiger partial charge in [0.1, 0.15) is 18.2 Å². The van der Waals surface area contributed by atoms with Crippen molar-refractivity contribution in [3.05, 3.63) is 41.9 Å². The van der Waals surface area contributed by atoms with Crippen LogP contribution in [0, 0.1) is 18.3 Å². The van der Waals surface area contributed by atoms with Gasteiger partial charge in [-0.2, -0.15) is 5.26 Å². The number of benzene rings is 1. The van der Waals surface area contributed by atoms with Crippen LogP contribution >= 0.6 is 0 Å². The van der Waals surface area contributed by atoms with Crippen molar-refractivity contribution in [2.24, 2.45) is 0 Å². The third-order valence-electron chi connectivity index (χ3n) is 2.19. The fourth-order valence-electron chi connectivity index (χ4n) is 1.43. The van der Waals surface area contributed by atoms with Crippen LogP contribution in [0.1, 0.15) is 11.3 Å². The molecule has 0 unspecified atom stereocenters. The number of rotatable bonds is 1. The number of aromatic nitrogens is 2. The van der Waals surface area contributed by atoms with E-state index in [4.69, 9.17) is 11.0 Å². The lowest BCUT2D eigenvalue weighted by Gasteiger charge is -2.04. The second-order valence-electron chi connectivity index (χ2n) is 3.30. The number of aryl methyl sites for hydroxylation is 1. The SMILES string of the molecule is Cc1cccc(-n2cnc(C#N)c2N)c1. The van der Waals surface area contributed by atoms with Crippen LogP contribution in [-0.2, 0) is 0 Å². The lowest BCUT2D eigenvalue weighted by Crippen LogP contribution is -1.99. The second-order valence-corrected chi connectivity index (χ2v) is 3.30. The van der Waals surface area contributed by atoms with E-state index in [-0.39, 0.29) is 5.69 Å². The molecule has 0 aliphatic rings. The van der Waals surface area contributed by atoms with Crippen LogP contribution in [0.25, 0.3) is 5.69 Å². The first-order valence-corrected chi connectivity index (χ1v) is 4.52. The first-order chi connectivity index (χ1) is 7.22. The van der Waals surface area contributed by atoms with Crippen molar-refractivity contribution in [2.75, 3.05) is 5.73 Å². The molecule has 0 fully saturated rings. The molecule has 1 heterocycles. The molecule has 0 aliphatic heterocycles. The molecular formula is C11H10N4. The van der Waals surface area contributed by atoms with E-state index in [1.807, 2.05) is 37.3 Å². The molecule has 4 heteroatoms. The Bertz CT molecular complexity index is 534. The number of hydrogen-bond donors (Lipinski definition) is 1. The number of nitriles is 1. The normalized spacial score (nSPS) is 9.87. The third-order valence-corrected chi connectivity index (χ3v) is 2.19. The van der Waals surface area contributed by atoms with Crippen LogP contribution in [-0.4, -0.2) is 9.55 Å². The van der Waals surface area contributed by atoms with Crippen LogP contribution in [0.2, 0.25) is 0 Å². The molecule has 2 rings (SSSR count). The molecule has 0 amide bonds. The summed E-state index contributed by atoms with van der Waals surface area (Å²) >= 11 is 0. The van der Waals surface area contributed by atoms with E-state index in [9.17, 15) is 0 Å². The summed E-state index contributed by atoms with van der Waals surface area (Å²) in [6.45, 7) is 2.00. The Hall–Kier alpha value is -2.28. The van der Waals surface area contributed by atoms with Gasteiger partial charge >= 0.3 is 0 Å². The Morgan fingerprint density at radius 3 is 2.87 bits per heavy atom. The highest BCUT2D eigenvalue weighted by Gasteiger charge is 2.07. The highest BCUT2D eigenvalue weighted by atomic mass is 15.1. The molecule has 0 saturated carbocycles. The molecule has 0 radical (unpaired) electrons. The van der Waals surface area contributed by atoms with Gasteiger partial charge in [-0.05, 0) is 24.6 Å². The number of nitrogens with zero attached hydrogens (tertiary/aromatic N) is 3. The molecule has 0 bridgehead atoms. The van der Waals surface area contributed by atoms with Crippen LogP contribution in [0.3, 0.4) is 0 Å². The Labute approximate surface area is 87.6 Å². The molecule has 0 saturated heterocycles. The Morgan fingerprint density at radius 1 is 1.47 bits per heavy atom. The van der Waals surface area contributed by atoms with Gasteiger partial charge in [-0.15, -0.1) is 0 Å². The number of hydrogen-bond acceptors (Lipinski definition) is 3. The van der Waals surface area contributed by atoms with Gasteiger partial charge in [0, 0.05) is 5.69 Å². The predicted octanol–water partition coefficient (Wildman–Crippen LogP) is 1.63. The van der Waals surface area contributed by atoms with E-state index in [0.29, 0.717) is 5.82 Å². The molecule has 15 heavy (non-hydrogen) atoms. The van der Waals surface area contributed by atoms with Gasteiger partial charge in [-0.3, -0.25) is 4.57 Å². The summed E-state index contributed by atoms with van der Waals surface area (Å²) < 4.78 is 1.70. The number of anilines is 1. The lowest BCUT2D eigenvalue weighted by atomic mass is 10.2. The van der Waals surface area contributed by atoms with E-state index >= 15 is 0 Å². The minimum atomic E-state index is 0.261. The van der Waals surface area contributed by atoms with Crippen LogP contribution in [0.4, 0.5) is 5.82 Å². The fraction of sp³-hybridized carbons (Fsp3) is 0.0909. The second kappa shape index (κ2) is 3.46. The summed E-state index contributed by atoms with van der Waals surface area (Å²) in [6.07, 6.45) is 1.56. The zero-order valence-electron chi connectivity index (χ0n) is 8.31. The Morgan fingerprint density at radius 2 is 2.27 bits per heavy atom. The van der Waals surface area contributed by atoms with Crippen LogP contribution in [0.15, 0.2) is 30.6 Å². The smallest absolute Gasteiger partial charge is 0.182 e. The maximum absolute atomic E-state index is 8.73. The summed E-state index contributed by atoms with van der Waals surface area (Å²) in [4.78, 5) is 3.92. The molecule has 4 nitrogen and oxygen atoms in total. The molecule has 0 spiro atoms. The van der Waals surface area contributed by atoms with Crippen molar-refractivity contribution < 1.29 is 0 Å². The molecule has 74 valence electrons. The van der Waals surface area contributed by atoms with E-state index < -0.39 is 0 Å². The predicted molar refractivity (Wildman–Crippen MR) is 57.4 cm³/mol. The molecule has 2 aromatic rings. The maximum Gasteiger partial charge on any atom is 0.182 e. The largest absolute Gasteiger partial charge is 0.382 e. The van der Waals surface area contributed by atoms with Crippen molar-refractivity contribution >= 4 is 5.82 Å². The fourth-order valence-corrected chi connectivity index (χ4v) is 1.43. The molecule has 1 aromatic heterocycles. The molecular weight excluding hydrogens is 188 g/mol. The topological polar surface area (TPSA) is 67.6 Å². The van der Waals surface area contributed by atoms with Crippen LogP contribution < -0.4 is 5.73 Å². The molecule has 0 aliphatic carbocycles. The summed E-state index contributed by atoms with van der Waals surface area (Å²) in [5, 5.41) is 8.73. The number of nitrogen functional groups attached to an aromatic ring is 1. The van der Waals surface area contributed by atoms with Crippen molar-refractivity contribution in [1.29, 1.82) is 5.26 Å². The third kappa shape index (κ3) is 1.55. The van der Waals surface area contributed by atoms with Gasteiger partial charge in [0.2, 0.25) is 0 Å². The average molecular weight is 198 g/mol. The van der Waals surface area contributed by atoms with Crippen molar-refractivity contribution in [1.82, 2.24) is 9.55 Å². The summed E-state index contributed by atoms with van der Waals surface area (Å²) in [7, 11) is 0. The van der Waals surface area contributed by atoms with Gasteiger partial charge in [0.15, 0.2) is 5.69 Å².